The summed E-state index contributed by atoms with van der Waals surface area (Å²) in [5.74, 6) is 1.13. The smallest absolute Gasteiger partial charge is 0.134 e. The Morgan fingerprint density at radius 3 is 3.00 bits per heavy atom. The van der Waals surface area contributed by atoms with Gasteiger partial charge in [0.2, 0.25) is 0 Å². The minimum absolute atomic E-state index is 0.0602. The third-order valence-electron chi connectivity index (χ3n) is 2.70. The average molecular weight is 206 g/mol. The van der Waals surface area contributed by atoms with Crippen LogP contribution in [0.5, 0.6) is 11.5 Å². The van der Waals surface area contributed by atoms with Gasteiger partial charge in [0.25, 0.3) is 0 Å². The molecular weight excluding hydrogens is 192 g/mol. The summed E-state index contributed by atoms with van der Waals surface area (Å²) in [6, 6.07) is 1.83. The van der Waals surface area contributed by atoms with E-state index < -0.39 is 0 Å². The van der Waals surface area contributed by atoms with Gasteiger partial charge in [0.15, 0.2) is 0 Å². The van der Waals surface area contributed by atoms with Gasteiger partial charge in [0, 0.05) is 24.0 Å². The molecule has 0 saturated heterocycles. The highest BCUT2D eigenvalue weighted by Gasteiger charge is 2.21. The number of hydrogen-bond acceptors (Lipinski definition) is 3. The molecule has 3 nitrogen and oxygen atoms in total. The van der Waals surface area contributed by atoms with Crippen molar-refractivity contribution in [2.75, 3.05) is 6.61 Å². The van der Waals surface area contributed by atoms with E-state index in [-0.39, 0.29) is 11.5 Å². The fourth-order valence-electron chi connectivity index (χ4n) is 1.99. The first-order valence-corrected chi connectivity index (χ1v) is 5.06. The van der Waals surface area contributed by atoms with Crippen LogP contribution in [0, 0.1) is 6.92 Å². The summed E-state index contributed by atoms with van der Waals surface area (Å²) in [5, 5.41) is 9.90. The fourth-order valence-corrected chi connectivity index (χ4v) is 1.99. The normalized spacial score (nSPS) is 13.5. The van der Waals surface area contributed by atoms with Crippen molar-refractivity contribution in [2.45, 2.75) is 26.7 Å². The third kappa shape index (κ3) is 1.69. The molecule has 0 amide bonds. The van der Waals surface area contributed by atoms with E-state index in [0.29, 0.717) is 13.0 Å². The Morgan fingerprint density at radius 2 is 2.33 bits per heavy atom. The monoisotopic (exact) mass is 206 g/mol. The van der Waals surface area contributed by atoms with E-state index in [1.807, 2.05) is 13.0 Å². The van der Waals surface area contributed by atoms with E-state index in [9.17, 15) is 9.90 Å². The summed E-state index contributed by atoms with van der Waals surface area (Å²) in [4.78, 5) is 11.1. The molecule has 15 heavy (non-hydrogen) atoms. The Hall–Kier alpha value is -1.51. The third-order valence-corrected chi connectivity index (χ3v) is 2.70. The lowest BCUT2D eigenvalue weighted by atomic mass is 9.97. The molecule has 0 unspecified atom stereocenters. The van der Waals surface area contributed by atoms with Crippen LogP contribution < -0.4 is 4.74 Å². The number of hydrogen-bond donors (Lipinski definition) is 1. The number of carbonyl (C=O) groups excluding carboxylic acids is 1. The molecule has 2 rings (SSSR count). The van der Waals surface area contributed by atoms with Crippen LogP contribution in [0.4, 0.5) is 0 Å². The van der Waals surface area contributed by atoms with E-state index in [0.717, 1.165) is 28.9 Å². The number of phenolic OH excluding ortho intramolecular Hbond substituents is 1. The van der Waals surface area contributed by atoms with Gasteiger partial charge in [0.05, 0.1) is 6.61 Å². The molecule has 0 aromatic heterocycles. The highest BCUT2D eigenvalue weighted by molar-refractivity contribution is 5.80. The van der Waals surface area contributed by atoms with Gasteiger partial charge in [-0.3, -0.25) is 4.79 Å². The molecule has 80 valence electrons. The summed E-state index contributed by atoms with van der Waals surface area (Å²) in [6.45, 7) is 3.99. The molecule has 1 aromatic carbocycles. The van der Waals surface area contributed by atoms with E-state index in [1.54, 1.807) is 0 Å². The van der Waals surface area contributed by atoms with Crippen LogP contribution in [0.15, 0.2) is 6.07 Å². The number of fused-ring (bicyclic) bond motifs is 1. The summed E-state index contributed by atoms with van der Waals surface area (Å²) in [5.41, 5.74) is 2.51. The zero-order valence-corrected chi connectivity index (χ0v) is 8.96. The number of aromatic hydroxyl groups is 1. The minimum Gasteiger partial charge on any atom is -0.507 e. The number of Topliss-reactive ketones (excluding diaryl/α,β-unsaturated/α-hetero) is 1. The van der Waals surface area contributed by atoms with Gasteiger partial charge >= 0.3 is 0 Å². The Bertz CT molecular complexity index is 421. The van der Waals surface area contributed by atoms with Crippen molar-refractivity contribution < 1.29 is 14.6 Å². The molecular formula is C12H14O3. The van der Waals surface area contributed by atoms with E-state index in [4.69, 9.17) is 4.74 Å². The zero-order valence-electron chi connectivity index (χ0n) is 8.96. The largest absolute Gasteiger partial charge is 0.507 e. The molecule has 3 heteroatoms. The Morgan fingerprint density at radius 1 is 1.60 bits per heavy atom. The van der Waals surface area contributed by atoms with E-state index >= 15 is 0 Å². The Balaban J connectivity index is 2.55. The van der Waals surface area contributed by atoms with Crippen LogP contribution in [-0.2, 0) is 17.6 Å². The van der Waals surface area contributed by atoms with Crippen LogP contribution >= 0.6 is 0 Å². The van der Waals surface area contributed by atoms with E-state index in [1.165, 1.54) is 6.92 Å². The van der Waals surface area contributed by atoms with Gasteiger partial charge in [-0.1, -0.05) is 0 Å². The SMILES string of the molecule is CC(=O)Cc1c(O)c(C)cc2c1CCO2. The van der Waals surface area contributed by atoms with Crippen LogP contribution in [0.3, 0.4) is 0 Å². The molecule has 0 saturated carbocycles. The number of carbonyl (C=O) groups is 1. The maximum Gasteiger partial charge on any atom is 0.134 e. The topological polar surface area (TPSA) is 46.5 Å². The van der Waals surface area contributed by atoms with Crippen LogP contribution in [0.1, 0.15) is 23.6 Å². The fraction of sp³-hybridized carbons (Fsp3) is 0.417. The lowest BCUT2D eigenvalue weighted by molar-refractivity contribution is -0.116. The number of ketones is 1. The predicted molar refractivity (Wildman–Crippen MR) is 56.4 cm³/mol. The molecule has 1 aromatic rings. The van der Waals surface area contributed by atoms with Crippen molar-refractivity contribution in [3.05, 3.63) is 22.8 Å². The number of benzene rings is 1. The summed E-state index contributed by atoms with van der Waals surface area (Å²) < 4.78 is 5.43. The lowest BCUT2D eigenvalue weighted by Gasteiger charge is -2.10. The van der Waals surface area contributed by atoms with Crippen molar-refractivity contribution in [1.82, 2.24) is 0 Å². The molecule has 0 bridgehead atoms. The number of ether oxygens (including phenoxy) is 1. The molecule has 0 spiro atoms. The highest BCUT2D eigenvalue weighted by atomic mass is 16.5. The van der Waals surface area contributed by atoms with Crippen molar-refractivity contribution >= 4 is 5.78 Å². The second-order valence-corrected chi connectivity index (χ2v) is 3.97. The van der Waals surface area contributed by atoms with Gasteiger partial charge in [-0.2, -0.15) is 0 Å². The molecule has 0 radical (unpaired) electrons. The van der Waals surface area contributed by atoms with Crippen molar-refractivity contribution in [1.29, 1.82) is 0 Å². The Labute approximate surface area is 88.7 Å². The van der Waals surface area contributed by atoms with Gasteiger partial charge in [0.1, 0.15) is 17.3 Å². The lowest BCUT2D eigenvalue weighted by Crippen LogP contribution is -2.01. The summed E-state index contributed by atoms with van der Waals surface area (Å²) in [6.07, 6.45) is 1.07. The van der Waals surface area contributed by atoms with Crippen molar-refractivity contribution in [3.63, 3.8) is 0 Å². The van der Waals surface area contributed by atoms with Gasteiger partial charge in [-0.15, -0.1) is 0 Å². The number of rotatable bonds is 2. The second kappa shape index (κ2) is 3.57. The first kappa shape index (κ1) is 10.0. The molecule has 0 aliphatic carbocycles. The van der Waals surface area contributed by atoms with Gasteiger partial charge < -0.3 is 9.84 Å². The first-order valence-electron chi connectivity index (χ1n) is 5.06. The van der Waals surface area contributed by atoms with Crippen molar-refractivity contribution in [2.24, 2.45) is 0 Å². The highest BCUT2D eigenvalue weighted by Crippen LogP contribution is 2.37. The molecule has 1 aliphatic heterocycles. The maximum atomic E-state index is 11.1. The summed E-state index contributed by atoms with van der Waals surface area (Å²) >= 11 is 0. The molecule has 0 fully saturated rings. The molecule has 1 aliphatic rings. The zero-order chi connectivity index (χ0) is 11.0. The quantitative estimate of drug-likeness (QED) is 0.802. The van der Waals surface area contributed by atoms with Crippen LogP contribution in [-0.4, -0.2) is 17.5 Å². The molecule has 1 heterocycles. The molecule has 1 N–H and O–H groups in total. The average Bonchev–Trinajstić information content (AvgIpc) is 2.59. The van der Waals surface area contributed by atoms with Gasteiger partial charge in [-0.05, 0) is 25.5 Å². The molecule has 0 atom stereocenters. The van der Waals surface area contributed by atoms with Gasteiger partial charge in [-0.25, -0.2) is 0 Å². The minimum atomic E-state index is 0.0602. The summed E-state index contributed by atoms with van der Waals surface area (Å²) in [7, 11) is 0. The maximum absolute atomic E-state index is 11.1. The Kier molecular flexibility index (Phi) is 2.39. The van der Waals surface area contributed by atoms with E-state index in [2.05, 4.69) is 0 Å². The standard InChI is InChI=1S/C12H14O3/c1-7-5-11-9(3-4-15-11)10(12(7)14)6-8(2)13/h5,14H,3-4,6H2,1-2H3. The number of phenols is 1. The van der Waals surface area contributed by atoms with Crippen LogP contribution in [0.25, 0.3) is 0 Å². The number of aryl methyl sites for hydroxylation is 1. The second-order valence-electron chi connectivity index (χ2n) is 3.97. The first-order chi connectivity index (χ1) is 7.09. The van der Waals surface area contributed by atoms with Crippen LogP contribution in [0.2, 0.25) is 0 Å². The predicted octanol–water partition coefficient (Wildman–Crippen LogP) is 1.77. The van der Waals surface area contributed by atoms with Crippen molar-refractivity contribution in [3.8, 4) is 11.5 Å².